The molecule has 0 unspecified atom stereocenters. The molecule has 0 atom stereocenters. The lowest BCUT2D eigenvalue weighted by molar-refractivity contribution is 0.509. The van der Waals surface area contributed by atoms with Gasteiger partial charge in [0.15, 0.2) is 0 Å². The molecule has 0 saturated carbocycles. The number of rotatable bonds is 5. The van der Waals surface area contributed by atoms with Crippen LogP contribution >= 0.6 is 12.2 Å². The number of aryl methyl sites for hydroxylation is 3. The van der Waals surface area contributed by atoms with Crippen molar-refractivity contribution in [3.8, 4) is 5.95 Å². The van der Waals surface area contributed by atoms with E-state index in [-0.39, 0.29) is 0 Å². The lowest BCUT2D eigenvalue weighted by atomic mass is 10.2. The van der Waals surface area contributed by atoms with Crippen LogP contribution in [0.15, 0.2) is 17.2 Å². The summed E-state index contributed by atoms with van der Waals surface area (Å²) >= 11 is 5.34. The van der Waals surface area contributed by atoms with E-state index in [9.17, 15) is 0 Å². The molecule has 0 amide bonds. The van der Waals surface area contributed by atoms with Gasteiger partial charge in [0.2, 0.25) is 4.77 Å². The van der Waals surface area contributed by atoms with Crippen molar-refractivity contribution in [3.63, 3.8) is 0 Å². The number of hydrogen-bond donors (Lipinski definition) is 1. The van der Waals surface area contributed by atoms with Gasteiger partial charge in [-0.15, -0.1) is 5.10 Å². The van der Waals surface area contributed by atoms with Crippen LogP contribution in [0.5, 0.6) is 0 Å². The molecular weight excluding hydrogens is 346 g/mol. The third kappa shape index (κ3) is 3.41. The summed E-state index contributed by atoms with van der Waals surface area (Å²) in [5.74, 6) is 1.14. The largest absolute Gasteiger partial charge is 0.348 e. The summed E-state index contributed by atoms with van der Waals surface area (Å²) in [7, 11) is 0. The second kappa shape index (κ2) is 7.03. The highest BCUT2D eigenvalue weighted by Gasteiger charge is 2.13. The number of hydrogen-bond acceptors (Lipinski definition) is 4. The van der Waals surface area contributed by atoms with Gasteiger partial charge in [0, 0.05) is 29.2 Å². The van der Waals surface area contributed by atoms with Crippen LogP contribution in [-0.4, -0.2) is 35.4 Å². The predicted octanol–water partition coefficient (Wildman–Crippen LogP) is 3.70. The molecule has 1 N–H and O–H groups in total. The number of aromatic amines is 1. The van der Waals surface area contributed by atoms with E-state index in [1.54, 1.807) is 9.36 Å². The minimum Gasteiger partial charge on any atom is -0.348 e. The molecule has 0 aromatic carbocycles. The molecule has 0 saturated heterocycles. The fourth-order valence-electron chi connectivity index (χ4n) is 3.08. The summed E-state index contributed by atoms with van der Waals surface area (Å²) in [6, 6.07) is 4.14. The van der Waals surface area contributed by atoms with Crippen molar-refractivity contribution >= 4 is 18.4 Å². The highest BCUT2D eigenvalue weighted by Crippen LogP contribution is 2.16. The SMILES string of the molecule is Cc1cc(C)n(-c2n[nH]c(=S)n2/N=C\c2cc(C)n(CC(C)C)c2C)n1. The van der Waals surface area contributed by atoms with Gasteiger partial charge in [-0.25, -0.2) is 9.78 Å². The van der Waals surface area contributed by atoms with Crippen molar-refractivity contribution in [3.05, 3.63) is 45.2 Å². The van der Waals surface area contributed by atoms with Gasteiger partial charge in [-0.3, -0.25) is 0 Å². The number of H-pyrrole nitrogens is 1. The van der Waals surface area contributed by atoms with Crippen LogP contribution in [0.3, 0.4) is 0 Å². The molecule has 0 aliphatic rings. The van der Waals surface area contributed by atoms with Gasteiger partial charge in [0.05, 0.1) is 11.9 Å². The Balaban J connectivity index is 1.99. The van der Waals surface area contributed by atoms with Crippen LogP contribution in [0.4, 0.5) is 0 Å². The average molecular weight is 372 g/mol. The Morgan fingerprint density at radius 1 is 1.19 bits per heavy atom. The van der Waals surface area contributed by atoms with Gasteiger partial charge >= 0.3 is 0 Å². The van der Waals surface area contributed by atoms with Gasteiger partial charge in [0.25, 0.3) is 5.95 Å². The molecular formula is C18H25N7S. The van der Waals surface area contributed by atoms with Gasteiger partial charge < -0.3 is 4.57 Å². The third-order valence-corrected chi connectivity index (χ3v) is 4.57. The molecule has 0 bridgehead atoms. The van der Waals surface area contributed by atoms with Crippen LogP contribution in [0.25, 0.3) is 5.95 Å². The maximum absolute atomic E-state index is 5.34. The van der Waals surface area contributed by atoms with Crippen molar-refractivity contribution in [2.75, 3.05) is 0 Å². The standard InChI is InChI=1S/C18H25N7S/c1-11(2)10-23-13(4)8-16(15(23)6)9-19-25-17(20-21-18(25)26)24-14(5)7-12(3)22-24/h7-9,11H,10H2,1-6H3,(H,21,26)/b19-9-. The quantitative estimate of drug-likeness (QED) is 0.549. The van der Waals surface area contributed by atoms with E-state index >= 15 is 0 Å². The zero-order chi connectivity index (χ0) is 19.0. The molecule has 0 radical (unpaired) electrons. The fraction of sp³-hybridized carbons (Fsp3) is 0.444. The molecule has 8 heteroatoms. The molecule has 3 aromatic rings. The molecule has 26 heavy (non-hydrogen) atoms. The Hall–Kier alpha value is -2.48. The smallest absolute Gasteiger partial charge is 0.271 e. The van der Waals surface area contributed by atoms with Crippen LogP contribution in [-0.2, 0) is 6.54 Å². The first kappa shape index (κ1) is 18.3. The van der Waals surface area contributed by atoms with Crippen LogP contribution in [0.2, 0.25) is 0 Å². The molecule has 3 aromatic heterocycles. The van der Waals surface area contributed by atoms with Gasteiger partial charge in [-0.2, -0.15) is 14.9 Å². The van der Waals surface area contributed by atoms with Crippen LogP contribution < -0.4 is 0 Å². The van der Waals surface area contributed by atoms with E-state index in [2.05, 4.69) is 58.7 Å². The number of aromatic nitrogens is 6. The van der Waals surface area contributed by atoms with Crippen molar-refractivity contribution < 1.29 is 0 Å². The van der Waals surface area contributed by atoms with Crippen molar-refractivity contribution in [2.24, 2.45) is 11.0 Å². The monoisotopic (exact) mass is 371 g/mol. The summed E-state index contributed by atoms with van der Waals surface area (Å²) in [5, 5.41) is 16.1. The molecule has 0 fully saturated rings. The minimum atomic E-state index is 0.430. The van der Waals surface area contributed by atoms with E-state index in [4.69, 9.17) is 12.2 Å². The molecule has 7 nitrogen and oxygen atoms in total. The molecule has 3 heterocycles. The molecule has 0 aliphatic carbocycles. The van der Waals surface area contributed by atoms with Gasteiger partial charge in [-0.05, 0) is 58.0 Å². The molecule has 3 rings (SSSR count). The predicted molar refractivity (Wildman–Crippen MR) is 106 cm³/mol. The number of nitrogens with zero attached hydrogens (tertiary/aromatic N) is 6. The fourth-order valence-corrected chi connectivity index (χ4v) is 3.25. The van der Waals surface area contributed by atoms with E-state index in [1.165, 1.54) is 11.4 Å². The Kier molecular flexibility index (Phi) is 4.95. The first-order valence-electron chi connectivity index (χ1n) is 8.70. The van der Waals surface area contributed by atoms with Crippen molar-refractivity contribution in [1.82, 2.24) is 29.2 Å². The Labute approximate surface area is 158 Å². The molecule has 138 valence electrons. The average Bonchev–Trinajstić information content (AvgIpc) is 3.16. The van der Waals surface area contributed by atoms with Gasteiger partial charge in [-0.1, -0.05) is 13.8 Å². The highest BCUT2D eigenvalue weighted by atomic mass is 32.1. The molecule has 0 aliphatic heterocycles. The van der Waals surface area contributed by atoms with Gasteiger partial charge in [0.1, 0.15) is 0 Å². The first-order chi connectivity index (χ1) is 12.3. The summed E-state index contributed by atoms with van der Waals surface area (Å²) < 4.78 is 6.09. The second-order valence-corrected chi connectivity index (χ2v) is 7.44. The second-order valence-electron chi connectivity index (χ2n) is 7.05. The zero-order valence-electron chi connectivity index (χ0n) is 16.1. The van der Waals surface area contributed by atoms with Crippen LogP contribution in [0.1, 0.15) is 42.2 Å². The topological polar surface area (TPSA) is 68.7 Å². The van der Waals surface area contributed by atoms with E-state index in [0.717, 1.165) is 23.5 Å². The van der Waals surface area contributed by atoms with E-state index < -0.39 is 0 Å². The van der Waals surface area contributed by atoms with Crippen LogP contribution in [0, 0.1) is 38.4 Å². The van der Waals surface area contributed by atoms with E-state index in [0.29, 0.717) is 16.6 Å². The van der Waals surface area contributed by atoms with Crippen molar-refractivity contribution in [1.29, 1.82) is 0 Å². The lowest BCUT2D eigenvalue weighted by Crippen LogP contribution is -2.08. The summed E-state index contributed by atoms with van der Waals surface area (Å²) in [6.07, 6.45) is 1.83. The normalized spacial score (nSPS) is 12.0. The molecule has 0 spiro atoms. The van der Waals surface area contributed by atoms with E-state index in [1.807, 2.05) is 26.1 Å². The summed E-state index contributed by atoms with van der Waals surface area (Å²) in [5.41, 5.74) is 5.40. The summed E-state index contributed by atoms with van der Waals surface area (Å²) in [6.45, 7) is 13.6. The van der Waals surface area contributed by atoms with Crippen molar-refractivity contribution in [2.45, 2.75) is 48.1 Å². The highest BCUT2D eigenvalue weighted by molar-refractivity contribution is 7.71. The third-order valence-electron chi connectivity index (χ3n) is 4.31. The Morgan fingerprint density at radius 2 is 1.92 bits per heavy atom. The summed E-state index contributed by atoms with van der Waals surface area (Å²) in [4.78, 5) is 0. The Morgan fingerprint density at radius 3 is 2.54 bits per heavy atom. The zero-order valence-corrected chi connectivity index (χ0v) is 16.9. The minimum absolute atomic E-state index is 0.430. The Bertz CT molecular complexity index is 1010. The maximum Gasteiger partial charge on any atom is 0.271 e. The first-order valence-corrected chi connectivity index (χ1v) is 9.11. The lowest BCUT2D eigenvalue weighted by Gasteiger charge is -2.11. The number of nitrogens with one attached hydrogen (secondary N) is 1. The maximum atomic E-state index is 5.34.